The first-order valence-electron chi connectivity index (χ1n) is 7.87. The molecule has 0 N–H and O–H groups in total. The van der Waals surface area contributed by atoms with Crippen molar-refractivity contribution in [3.05, 3.63) is 40.9 Å². The van der Waals surface area contributed by atoms with Crippen LogP contribution in [-0.2, 0) is 10.0 Å². The van der Waals surface area contributed by atoms with Gasteiger partial charge in [0.2, 0.25) is 10.0 Å². The highest BCUT2D eigenvalue weighted by Crippen LogP contribution is 2.31. The number of rotatable bonds is 5. The Morgan fingerprint density at radius 1 is 1.28 bits per heavy atom. The summed E-state index contributed by atoms with van der Waals surface area (Å²) in [7, 11) is -4.14. The van der Waals surface area contributed by atoms with Gasteiger partial charge in [0.25, 0.3) is 0 Å². The van der Waals surface area contributed by atoms with Gasteiger partial charge in [-0.15, -0.1) is 11.3 Å². The third-order valence-corrected chi connectivity index (χ3v) is 8.45. The Labute approximate surface area is 154 Å². The fourth-order valence-corrected chi connectivity index (χ4v) is 6.40. The smallest absolute Gasteiger partial charge is 0.235 e. The van der Waals surface area contributed by atoms with E-state index in [9.17, 15) is 17.2 Å². The maximum atomic E-state index is 13.8. The minimum atomic E-state index is -4.14. The first-order chi connectivity index (χ1) is 11.9. The molecule has 1 aliphatic heterocycles. The Balaban J connectivity index is 1.61. The molecule has 0 aliphatic carbocycles. The fourth-order valence-electron chi connectivity index (χ4n) is 2.76. The predicted octanol–water partition coefficient (Wildman–Crippen LogP) is 3.92. The molecule has 9 heteroatoms. The number of piperidine rings is 1. The first-order valence-corrected chi connectivity index (χ1v) is 11.2. The summed E-state index contributed by atoms with van der Waals surface area (Å²) in [5.41, 5.74) is 1.00. The molecule has 1 aromatic carbocycles. The number of thioether (sulfide) groups is 1. The first kappa shape index (κ1) is 18.8. The van der Waals surface area contributed by atoms with E-state index in [0.29, 0.717) is 18.8 Å². The molecule has 1 saturated heterocycles. The number of aromatic nitrogens is 1. The van der Waals surface area contributed by atoms with Crippen LogP contribution in [0.15, 0.2) is 32.8 Å². The molecule has 2 aromatic rings. The van der Waals surface area contributed by atoms with E-state index in [1.54, 1.807) is 23.1 Å². The average Bonchev–Trinajstić information content (AvgIpc) is 2.98. The van der Waals surface area contributed by atoms with Crippen LogP contribution in [0.3, 0.4) is 0 Å². The van der Waals surface area contributed by atoms with Crippen molar-refractivity contribution in [1.82, 2.24) is 9.29 Å². The zero-order valence-corrected chi connectivity index (χ0v) is 16.1. The summed E-state index contributed by atoms with van der Waals surface area (Å²) in [6, 6.07) is 3.10. The van der Waals surface area contributed by atoms with Gasteiger partial charge in [-0.05, 0) is 37.8 Å². The Hall–Kier alpha value is -1.03. The summed E-state index contributed by atoms with van der Waals surface area (Å²) < 4.78 is 55.0. The highest BCUT2D eigenvalue weighted by molar-refractivity contribution is 8.01. The van der Waals surface area contributed by atoms with E-state index in [1.165, 1.54) is 4.31 Å². The number of aryl methyl sites for hydroxylation is 1. The van der Waals surface area contributed by atoms with E-state index in [4.69, 9.17) is 0 Å². The van der Waals surface area contributed by atoms with Gasteiger partial charge in [0.15, 0.2) is 4.90 Å². The number of benzene rings is 1. The third-order valence-electron chi connectivity index (χ3n) is 4.13. The lowest BCUT2D eigenvalue weighted by molar-refractivity contribution is 0.289. The van der Waals surface area contributed by atoms with Gasteiger partial charge in [-0.25, -0.2) is 22.2 Å². The van der Waals surface area contributed by atoms with Gasteiger partial charge >= 0.3 is 0 Å². The van der Waals surface area contributed by atoms with Gasteiger partial charge in [-0.1, -0.05) is 17.8 Å². The zero-order valence-electron chi connectivity index (χ0n) is 13.6. The van der Waals surface area contributed by atoms with Gasteiger partial charge in [-0.3, -0.25) is 0 Å². The van der Waals surface area contributed by atoms with Crippen molar-refractivity contribution < 1.29 is 17.2 Å². The molecule has 1 fully saturated rings. The van der Waals surface area contributed by atoms with Crippen LogP contribution in [0.4, 0.5) is 8.78 Å². The summed E-state index contributed by atoms with van der Waals surface area (Å²) in [6.07, 6.45) is 1.35. The standard InChI is InChI=1S/C16H18F2N2O2S3/c1-11-9-23-16(19-11)24-10-12-5-7-20(8-6-12)25(21,22)15-13(17)3-2-4-14(15)18/h2-4,9,12H,5-8,10H2,1H3. The minimum absolute atomic E-state index is 0.276. The van der Waals surface area contributed by atoms with Crippen molar-refractivity contribution >= 4 is 33.1 Å². The van der Waals surface area contributed by atoms with Crippen molar-refractivity contribution in [1.29, 1.82) is 0 Å². The van der Waals surface area contributed by atoms with Gasteiger partial charge < -0.3 is 0 Å². The number of halogens is 2. The molecule has 0 radical (unpaired) electrons. The van der Waals surface area contributed by atoms with Crippen LogP contribution >= 0.6 is 23.1 Å². The van der Waals surface area contributed by atoms with Crippen molar-refractivity contribution in [2.75, 3.05) is 18.8 Å². The molecule has 136 valence electrons. The van der Waals surface area contributed by atoms with Crippen LogP contribution in [0.5, 0.6) is 0 Å². The number of thiazole rings is 1. The molecular weight excluding hydrogens is 386 g/mol. The Morgan fingerprint density at radius 3 is 2.48 bits per heavy atom. The highest BCUT2D eigenvalue weighted by Gasteiger charge is 2.33. The van der Waals surface area contributed by atoms with E-state index in [0.717, 1.165) is 34.0 Å². The second kappa shape index (κ2) is 7.69. The van der Waals surface area contributed by atoms with Gasteiger partial charge in [-0.2, -0.15) is 4.31 Å². The maximum absolute atomic E-state index is 13.8. The zero-order chi connectivity index (χ0) is 18.0. The molecule has 0 bridgehead atoms. The van der Waals surface area contributed by atoms with Crippen LogP contribution in [0.25, 0.3) is 0 Å². The summed E-state index contributed by atoms with van der Waals surface area (Å²) in [5.74, 6) is -0.853. The Morgan fingerprint density at radius 2 is 1.92 bits per heavy atom. The quantitative estimate of drug-likeness (QED) is 0.709. The number of hydrogen-bond acceptors (Lipinski definition) is 5. The summed E-state index contributed by atoms with van der Waals surface area (Å²) in [4.78, 5) is 3.55. The molecule has 0 amide bonds. The van der Waals surface area contributed by atoms with Gasteiger partial charge in [0, 0.05) is 29.9 Å². The van der Waals surface area contributed by atoms with Gasteiger partial charge in [0.05, 0.1) is 0 Å². The van der Waals surface area contributed by atoms with Crippen LogP contribution in [-0.4, -0.2) is 36.5 Å². The lowest BCUT2D eigenvalue weighted by Gasteiger charge is -2.31. The lowest BCUT2D eigenvalue weighted by Crippen LogP contribution is -2.39. The average molecular weight is 405 g/mol. The Bertz CT molecular complexity index is 827. The molecule has 0 unspecified atom stereocenters. The topological polar surface area (TPSA) is 50.3 Å². The molecule has 1 aromatic heterocycles. The molecule has 25 heavy (non-hydrogen) atoms. The highest BCUT2D eigenvalue weighted by atomic mass is 32.2. The second-order valence-electron chi connectivity index (χ2n) is 5.96. The number of nitrogens with zero attached hydrogens (tertiary/aromatic N) is 2. The van der Waals surface area contributed by atoms with Crippen LogP contribution in [0.2, 0.25) is 0 Å². The maximum Gasteiger partial charge on any atom is 0.248 e. The van der Waals surface area contributed by atoms with Crippen LogP contribution in [0, 0.1) is 24.5 Å². The molecule has 0 spiro atoms. The summed E-state index contributed by atoms with van der Waals surface area (Å²) >= 11 is 3.28. The molecule has 0 saturated carbocycles. The summed E-state index contributed by atoms with van der Waals surface area (Å²) in [5, 5.41) is 2.00. The molecule has 2 heterocycles. The molecular formula is C16H18F2N2O2S3. The van der Waals surface area contributed by atoms with E-state index in [1.807, 2.05) is 12.3 Å². The summed E-state index contributed by atoms with van der Waals surface area (Å²) in [6.45, 7) is 2.50. The molecule has 3 rings (SSSR count). The number of sulfonamides is 1. The molecule has 1 aliphatic rings. The number of hydrogen-bond donors (Lipinski definition) is 0. The van der Waals surface area contributed by atoms with Crippen molar-refractivity contribution in [2.24, 2.45) is 5.92 Å². The SMILES string of the molecule is Cc1csc(SCC2CCN(S(=O)(=O)c3c(F)cccc3F)CC2)n1. The second-order valence-corrected chi connectivity index (χ2v) is 9.96. The van der Waals surface area contributed by atoms with E-state index in [-0.39, 0.29) is 13.1 Å². The third kappa shape index (κ3) is 4.21. The largest absolute Gasteiger partial charge is 0.248 e. The van der Waals surface area contributed by atoms with Gasteiger partial charge in [0.1, 0.15) is 16.0 Å². The van der Waals surface area contributed by atoms with E-state index >= 15 is 0 Å². The molecule has 4 nitrogen and oxygen atoms in total. The predicted molar refractivity (Wildman–Crippen MR) is 95.4 cm³/mol. The van der Waals surface area contributed by atoms with E-state index in [2.05, 4.69) is 4.98 Å². The normalized spacial score (nSPS) is 17.1. The van der Waals surface area contributed by atoms with Crippen molar-refractivity contribution in [2.45, 2.75) is 29.0 Å². The van der Waals surface area contributed by atoms with Crippen molar-refractivity contribution in [3.63, 3.8) is 0 Å². The van der Waals surface area contributed by atoms with Crippen LogP contribution < -0.4 is 0 Å². The molecule has 0 atom stereocenters. The monoisotopic (exact) mass is 404 g/mol. The minimum Gasteiger partial charge on any atom is -0.235 e. The van der Waals surface area contributed by atoms with Crippen LogP contribution in [0.1, 0.15) is 18.5 Å². The Kier molecular flexibility index (Phi) is 5.77. The fraction of sp³-hybridized carbons (Fsp3) is 0.438. The van der Waals surface area contributed by atoms with Crippen molar-refractivity contribution in [3.8, 4) is 0 Å². The van der Waals surface area contributed by atoms with E-state index < -0.39 is 26.6 Å². The lowest BCUT2D eigenvalue weighted by atomic mass is 10.0.